The zero-order chi connectivity index (χ0) is 13.2. The molecule has 3 heteroatoms. The zero-order valence-corrected chi connectivity index (χ0v) is 11.9. The lowest BCUT2D eigenvalue weighted by molar-refractivity contribution is 0.383. The Hall–Kier alpha value is -1.35. The Balaban J connectivity index is 1.70. The maximum absolute atomic E-state index is 4.62. The monoisotopic (exact) mass is 257 g/mol. The molecule has 2 heterocycles. The summed E-state index contributed by atoms with van der Waals surface area (Å²) < 4.78 is 2.15. The van der Waals surface area contributed by atoms with Gasteiger partial charge in [0.1, 0.15) is 5.82 Å². The van der Waals surface area contributed by atoms with Crippen LogP contribution < -0.4 is 5.32 Å². The highest BCUT2D eigenvalue weighted by Crippen LogP contribution is 2.19. The van der Waals surface area contributed by atoms with Crippen LogP contribution in [0.3, 0.4) is 0 Å². The van der Waals surface area contributed by atoms with E-state index in [4.69, 9.17) is 0 Å². The van der Waals surface area contributed by atoms with Gasteiger partial charge in [-0.3, -0.25) is 0 Å². The van der Waals surface area contributed by atoms with Gasteiger partial charge in [0, 0.05) is 13.1 Å². The van der Waals surface area contributed by atoms with Crippen molar-refractivity contribution < 1.29 is 0 Å². The van der Waals surface area contributed by atoms with E-state index < -0.39 is 0 Å². The number of imidazole rings is 1. The van der Waals surface area contributed by atoms with Crippen molar-refractivity contribution in [2.45, 2.75) is 45.1 Å². The van der Waals surface area contributed by atoms with Crippen LogP contribution in [-0.4, -0.2) is 22.1 Å². The molecule has 0 spiro atoms. The molecule has 1 N–H and O–H groups in total. The summed E-state index contributed by atoms with van der Waals surface area (Å²) in [7, 11) is 2.08. The SMILES string of the molecule is Cc1nc2cc(CCC3CCCCN3)ccc2n1C. The summed E-state index contributed by atoms with van der Waals surface area (Å²) in [6, 6.07) is 7.44. The number of hydrogen-bond donors (Lipinski definition) is 1. The molecule has 1 aromatic heterocycles. The lowest BCUT2D eigenvalue weighted by atomic mass is 9.98. The lowest BCUT2D eigenvalue weighted by Crippen LogP contribution is -2.34. The Morgan fingerprint density at radius 2 is 2.26 bits per heavy atom. The van der Waals surface area contributed by atoms with E-state index in [9.17, 15) is 0 Å². The van der Waals surface area contributed by atoms with Gasteiger partial charge in [0.15, 0.2) is 0 Å². The number of hydrogen-bond acceptors (Lipinski definition) is 2. The van der Waals surface area contributed by atoms with Gasteiger partial charge in [-0.25, -0.2) is 4.98 Å². The van der Waals surface area contributed by atoms with Crippen molar-refractivity contribution in [2.24, 2.45) is 7.05 Å². The molecule has 1 fully saturated rings. The molecule has 0 aliphatic carbocycles. The molecule has 19 heavy (non-hydrogen) atoms. The highest BCUT2D eigenvalue weighted by Gasteiger charge is 2.12. The molecule has 0 radical (unpaired) electrons. The number of nitrogens with one attached hydrogen (secondary N) is 1. The van der Waals surface area contributed by atoms with Crippen LogP contribution in [0.5, 0.6) is 0 Å². The largest absolute Gasteiger partial charge is 0.331 e. The van der Waals surface area contributed by atoms with Crippen LogP contribution in [0.15, 0.2) is 18.2 Å². The van der Waals surface area contributed by atoms with Gasteiger partial charge < -0.3 is 9.88 Å². The summed E-state index contributed by atoms with van der Waals surface area (Å²) in [5.74, 6) is 1.08. The molecular weight excluding hydrogens is 234 g/mol. The molecule has 1 aliphatic rings. The molecule has 0 saturated carbocycles. The number of piperidine rings is 1. The number of aromatic nitrogens is 2. The maximum Gasteiger partial charge on any atom is 0.106 e. The van der Waals surface area contributed by atoms with Crippen molar-refractivity contribution in [2.75, 3.05) is 6.54 Å². The van der Waals surface area contributed by atoms with Crippen LogP contribution in [0.4, 0.5) is 0 Å². The molecule has 102 valence electrons. The predicted molar refractivity (Wildman–Crippen MR) is 79.4 cm³/mol. The quantitative estimate of drug-likeness (QED) is 0.916. The highest BCUT2D eigenvalue weighted by atomic mass is 15.0. The van der Waals surface area contributed by atoms with E-state index in [1.165, 1.54) is 43.3 Å². The molecule has 3 nitrogen and oxygen atoms in total. The summed E-state index contributed by atoms with van der Waals surface area (Å²) in [4.78, 5) is 4.62. The van der Waals surface area contributed by atoms with E-state index in [2.05, 4.69) is 47.0 Å². The summed E-state index contributed by atoms with van der Waals surface area (Å²) in [6.07, 6.45) is 6.47. The molecule has 1 aliphatic heterocycles. The fourth-order valence-corrected chi connectivity index (χ4v) is 3.03. The van der Waals surface area contributed by atoms with Crippen LogP contribution in [0.2, 0.25) is 0 Å². The Morgan fingerprint density at radius 3 is 3.05 bits per heavy atom. The second kappa shape index (κ2) is 5.33. The average Bonchev–Trinajstić information content (AvgIpc) is 2.73. The van der Waals surface area contributed by atoms with Crippen LogP contribution in [0, 0.1) is 6.92 Å². The Morgan fingerprint density at radius 1 is 1.37 bits per heavy atom. The van der Waals surface area contributed by atoms with Gasteiger partial charge >= 0.3 is 0 Å². The lowest BCUT2D eigenvalue weighted by Gasteiger charge is -2.23. The zero-order valence-electron chi connectivity index (χ0n) is 11.9. The normalized spacial score (nSPS) is 20.0. The second-order valence-corrected chi connectivity index (χ2v) is 5.73. The van der Waals surface area contributed by atoms with Gasteiger partial charge in [0.2, 0.25) is 0 Å². The molecule has 3 rings (SSSR count). The number of rotatable bonds is 3. The highest BCUT2D eigenvalue weighted by molar-refractivity contribution is 5.76. The molecule has 1 saturated heterocycles. The fourth-order valence-electron chi connectivity index (χ4n) is 3.03. The minimum atomic E-state index is 0.718. The fraction of sp³-hybridized carbons (Fsp3) is 0.562. The van der Waals surface area contributed by atoms with Crippen molar-refractivity contribution in [1.29, 1.82) is 0 Å². The molecule has 1 aromatic carbocycles. The third-order valence-electron chi connectivity index (χ3n) is 4.36. The average molecular weight is 257 g/mol. The van der Waals surface area contributed by atoms with E-state index in [0.29, 0.717) is 0 Å². The van der Waals surface area contributed by atoms with E-state index in [0.717, 1.165) is 23.8 Å². The summed E-state index contributed by atoms with van der Waals surface area (Å²) in [6.45, 7) is 3.26. The first-order valence-electron chi connectivity index (χ1n) is 7.39. The van der Waals surface area contributed by atoms with Crippen molar-refractivity contribution >= 4 is 11.0 Å². The third-order valence-corrected chi connectivity index (χ3v) is 4.36. The Bertz CT molecular complexity index is 565. The molecule has 2 aromatic rings. The first-order valence-corrected chi connectivity index (χ1v) is 7.39. The van der Waals surface area contributed by atoms with Crippen molar-refractivity contribution in [3.8, 4) is 0 Å². The number of aryl methyl sites for hydroxylation is 3. The minimum absolute atomic E-state index is 0.718. The van der Waals surface area contributed by atoms with Gasteiger partial charge in [0.05, 0.1) is 11.0 Å². The van der Waals surface area contributed by atoms with E-state index in [1.807, 2.05) is 0 Å². The van der Waals surface area contributed by atoms with Crippen LogP contribution in [-0.2, 0) is 13.5 Å². The maximum atomic E-state index is 4.62. The Kier molecular flexibility index (Phi) is 3.56. The summed E-state index contributed by atoms with van der Waals surface area (Å²) in [5.41, 5.74) is 3.78. The van der Waals surface area contributed by atoms with Gasteiger partial charge in [0.25, 0.3) is 0 Å². The number of fused-ring (bicyclic) bond motifs is 1. The van der Waals surface area contributed by atoms with Gasteiger partial charge in [-0.2, -0.15) is 0 Å². The van der Waals surface area contributed by atoms with E-state index in [1.54, 1.807) is 0 Å². The van der Waals surface area contributed by atoms with Gasteiger partial charge in [-0.05, 0) is 56.8 Å². The van der Waals surface area contributed by atoms with Crippen molar-refractivity contribution in [3.63, 3.8) is 0 Å². The Labute approximate surface area is 115 Å². The number of benzene rings is 1. The van der Waals surface area contributed by atoms with Crippen LogP contribution in [0.25, 0.3) is 11.0 Å². The molecule has 0 bridgehead atoms. The second-order valence-electron chi connectivity index (χ2n) is 5.73. The predicted octanol–water partition coefficient (Wildman–Crippen LogP) is 2.96. The topological polar surface area (TPSA) is 29.9 Å². The standard InChI is InChI=1S/C16H23N3/c1-12-18-15-11-13(7-9-16(15)19(12)2)6-8-14-5-3-4-10-17-14/h7,9,11,14,17H,3-6,8,10H2,1-2H3. The van der Waals surface area contributed by atoms with Crippen LogP contribution in [0.1, 0.15) is 37.1 Å². The first-order chi connectivity index (χ1) is 9.24. The molecular formula is C16H23N3. The molecule has 0 amide bonds. The van der Waals surface area contributed by atoms with E-state index in [-0.39, 0.29) is 0 Å². The third kappa shape index (κ3) is 2.66. The van der Waals surface area contributed by atoms with Gasteiger partial charge in [-0.1, -0.05) is 12.5 Å². The van der Waals surface area contributed by atoms with Gasteiger partial charge in [-0.15, -0.1) is 0 Å². The molecule has 1 unspecified atom stereocenters. The van der Waals surface area contributed by atoms with Crippen LogP contribution >= 0.6 is 0 Å². The van der Waals surface area contributed by atoms with E-state index >= 15 is 0 Å². The summed E-state index contributed by atoms with van der Waals surface area (Å²) >= 11 is 0. The summed E-state index contributed by atoms with van der Waals surface area (Å²) in [5, 5.41) is 3.62. The van der Waals surface area contributed by atoms with Crippen molar-refractivity contribution in [1.82, 2.24) is 14.9 Å². The van der Waals surface area contributed by atoms with Crippen molar-refractivity contribution in [3.05, 3.63) is 29.6 Å². The number of nitrogens with zero attached hydrogens (tertiary/aromatic N) is 2. The smallest absolute Gasteiger partial charge is 0.106 e. The first kappa shape index (κ1) is 12.7. The minimum Gasteiger partial charge on any atom is -0.331 e. The molecule has 1 atom stereocenters.